The van der Waals surface area contributed by atoms with Gasteiger partial charge in [-0.3, -0.25) is 4.79 Å². The Labute approximate surface area is 161 Å². The summed E-state index contributed by atoms with van der Waals surface area (Å²) in [4.78, 5) is 13.6. The summed E-state index contributed by atoms with van der Waals surface area (Å²) < 4.78 is 28.7. The van der Waals surface area contributed by atoms with Crippen molar-refractivity contribution in [3.63, 3.8) is 0 Å². The van der Waals surface area contributed by atoms with E-state index in [1.165, 1.54) is 0 Å². The first-order valence-electron chi connectivity index (χ1n) is 9.11. The summed E-state index contributed by atoms with van der Waals surface area (Å²) in [5, 5.41) is 0. The van der Waals surface area contributed by atoms with Gasteiger partial charge in [-0.25, -0.2) is 13.1 Å². The molecule has 0 saturated heterocycles. The Morgan fingerprint density at radius 2 is 1.81 bits per heavy atom. The summed E-state index contributed by atoms with van der Waals surface area (Å²) in [6.45, 7) is 6.44. The van der Waals surface area contributed by atoms with Crippen molar-refractivity contribution in [2.45, 2.75) is 50.6 Å². The average molecular weight is 387 g/mol. The first kappa shape index (κ1) is 19.6. The van der Waals surface area contributed by atoms with Crippen LogP contribution < -0.4 is 4.72 Å². The maximum atomic E-state index is 12.9. The van der Waals surface area contributed by atoms with Crippen LogP contribution in [0, 0.1) is 0 Å². The van der Waals surface area contributed by atoms with E-state index in [4.69, 9.17) is 0 Å². The summed E-state index contributed by atoms with van der Waals surface area (Å²) in [7, 11) is -3.66. The molecule has 6 heteroatoms. The molecule has 0 radical (unpaired) electrons. The maximum Gasteiger partial charge on any atom is 0.241 e. The highest BCUT2D eigenvalue weighted by Crippen LogP contribution is 2.24. The van der Waals surface area contributed by atoms with Crippen LogP contribution in [0.1, 0.15) is 37.5 Å². The molecule has 0 bridgehead atoms. The molecule has 5 nitrogen and oxygen atoms in total. The van der Waals surface area contributed by atoms with Gasteiger partial charge in [0.15, 0.2) is 0 Å². The Morgan fingerprint density at radius 3 is 2.48 bits per heavy atom. The van der Waals surface area contributed by atoms with Crippen molar-refractivity contribution in [3.8, 4) is 0 Å². The quantitative estimate of drug-likeness (QED) is 0.859. The minimum absolute atomic E-state index is 0.0102. The normalized spacial score (nSPS) is 14.7. The molecule has 144 valence electrons. The molecule has 0 spiro atoms. The number of nitrogens with one attached hydrogen (secondary N) is 1. The largest absolute Gasteiger partial charge is 0.338 e. The summed E-state index contributed by atoms with van der Waals surface area (Å²) in [6, 6.07) is 15.0. The van der Waals surface area contributed by atoms with Gasteiger partial charge in [0.1, 0.15) is 0 Å². The number of carbonyl (C=O) groups is 1. The smallest absolute Gasteiger partial charge is 0.241 e. The minimum Gasteiger partial charge on any atom is -0.338 e. The fourth-order valence-electron chi connectivity index (χ4n) is 3.53. The van der Waals surface area contributed by atoms with Gasteiger partial charge in [0.05, 0.1) is 4.90 Å². The molecular formula is C21H26N2O3S. The van der Waals surface area contributed by atoms with Crippen molar-refractivity contribution in [1.29, 1.82) is 0 Å². The van der Waals surface area contributed by atoms with E-state index < -0.39 is 15.6 Å². The maximum absolute atomic E-state index is 12.9. The molecule has 1 amide bonds. The number of nitrogens with zero attached hydrogens (tertiary/aromatic N) is 1. The number of amides is 1. The molecule has 1 aliphatic rings. The Hall–Kier alpha value is -2.18. The Balaban J connectivity index is 1.81. The summed E-state index contributed by atoms with van der Waals surface area (Å²) in [6.07, 6.45) is 1.35. The van der Waals surface area contributed by atoms with Gasteiger partial charge in [-0.1, -0.05) is 36.4 Å². The number of sulfonamides is 1. The molecule has 0 atom stereocenters. The van der Waals surface area contributed by atoms with Crippen LogP contribution in [0.3, 0.4) is 0 Å². The lowest BCUT2D eigenvalue weighted by Gasteiger charge is -2.29. The van der Waals surface area contributed by atoms with E-state index in [0.29, 0.717) is 19.5 Å². The van der Waals surface area contributed by atoms with Crippen LogP contribution in [0.2, 0.25) is 0 Å². The number of hydrogen-bond donors (Lipinski definition) is 1. The predicted molar refractivity (Wildman–Crippen MR) is 106 cm³/mol. The second-order valence-corrected chi connectivity index (χ2v) is 9.46. The fourth-order valence-corrected chi connectivity index (χ4v) is 5.00. The van der Waals surface area contributed by atoms with Crippen LogP contribution in [-0.4, -0.2) is 31.3 Å². The van der Waals surface area contributed by atoms with Crippen molar-refractivity contribution >= 4 is 15.9 Å². The number of rotatable bonds is 5. The third-order valence-corrected chi connectivity index (χ3v) is 6.54. The summed E-state index contributed by atoms with van der Waals surface area (Å²) >= 11 is 0. The van der Waals surface area contributed by atoms with Gasteiger partial charge in [-0.05, 0) is 55.5 Å². The first-order chi connectivity index (χ1) is 12.7. The molecule has 3 rings (SSSR count). The van der Waals surface area contributed by atoms with Crippen LogP contribution in [0.4, 0.5) is 0 Å². The van der Waals surface area contributed by atoms with Gasteiger partial charge < -0.3 is 4.90 Å². The molecule has 0 aliphatic carbocycles. The summed E-state index contributed by atoms with van der Waals surface area (Å²) in [5.41, 5.74) is 2.46. The van der Waals surface area contributed by atoms with Crippen LogP contribution in [0.5, 0.6) is 0 Å². The predicted octanol–water partition coefficient (Wildman–Crippen LogP) is 2.89. The zero-order valence-electron chi connectivity index (χ0n) is 16.0. The SMILES string of the molecule is CC(=O)N1CCc2ccc(S(=O)(=O)NC(C)(C)Cc3ccccc3)cc2C1. The van der Waals surface area contributed by atoms with Crippen molar-refractivity contribution < 1.29 is 13.2 Å². The lowest BCUT2D eigenvalue weighted by molar-refractivity contribution is -0.129. The molecule has 0 saturated carbocycles. The third-order valence-electron chi connectivity index (χ3n) is 4.85. The second-order valence-electron chi connectivity index (χ2n) is 7.77. The molecule has 0 unspecified atom stereocenters. The van der Waals surface area contributed by atoms with Gasteiger partial charge in [0.2, 0.25) is 15.9 Å². The number of carbonyl (C=O) groups excluding carboxylic acids is 1. The highest BCUT2D eigenvalue weighted by Gasteiger charge is 2.28. The average Bonchev–Trinajstić information content (AvgIpc) is 2.60. The molecule has 0 fully saturated rings. The van der Waals surface area contributed by atoms with E-state index >= 15 is 0 Å². The highest BCUT2D eigenvalue weighted by molar-refractivity contribution is 7.89. The lowest BCUT2D eigenvalue weighted by atomic mass is 9.96. The molecule has 2 aromatic carbocycles. The number of hydrogen-bond acceptors (Lipinski definition) is 3. The zero-order chi connectivity index (χ0) is 19.7. The van der Waals surface area contributed by atoms with Crippen LogP contribution in [-0.2, 0) is 34.2 Å². The molecule has 0 aromatic heterocycles. The van der Waals surface area contributed by atoms with Crippen molar-refractivity contribution in [2.75, 3.05) is 6.54 Å². The third kappa shape index (κ3) is 4.76. The number of benzene rings is 2. The van der Waals surface area contributed by atoms with E-state index in [0.717, 1.165) is 23.1 Å². The van der Waals surface area contributed by atoms with Gasteiger partial charge in [0.25, 0.3) is 0 Å². The second kappa shape index (κ2) is 7.44. The Bertz CT molecular complexity index is 937. The summed E-state index contributed by atoms with van der Waals surface area (Å²) in [5.74, 6) is 0.0102. The van der Waals surface area contributed by atoms with Crippen molar-refractivity contribution in [2.24, 2.45) is 0 Å². The Kier molecular flexibility index (Phi) is 5.40. The van der Waals surface area contributed by atoms with Gasteiger partial charge in [-0.2, -0.15) is 0 Å². The monoisotopic (exact) mass is 386 g/mol. The molecule has 2 aromatic rings. The zero-order valence-corrected chi connectivity index (χ0v) is 16.8. The van der Waals surface area contributed by atoms with E-state index in [1.54, 1.807) is 24.0 Å². The van der Waals surface area contributed by atoms with Gasteiger partial charge >= 0.3 is 0 Å². The van der Waals surface area contributed by atoms with Crippen molar-refractivity contribution in [1.82, 2.24) is 9.62 Å². The highest BCUT2D eigenvalue weighted by atomic mass is 32.2. The molecule has 1 aliphatic heterocycles. The van der Waals surface area contributed by atoms with E-state index in [-0.39, 0.29) is 10.8 Å². The molecule has 27 heavy (non-hydrogen) atoms. The molecule has 1 heterocycles. The fraction of sp³-hybridized carbons (Fsp3) is 0.381. The van der Waals surface area contributed by atoms with Crippen molar-refractivity contribution in [3.05, 3.63) is 65.2 Å². The van der Waals surface area contributed by atoms with Gasteiger partial charge in [0, 0.05) is 25.6 Å². The van der Waals surface area contributed by atoms with Gasteiger partial charge in [-0.15, -0.1) is 0 Å². The first-order valence-corrected chi connectivity index (χ1v) is 10.6. The van der Waals surface area contributed by atoms with Crippen LogP contribution in [0.15, 0.2) is 53.4 Å². The topological polar surface area (TPSA) is 66.5 Å². The molecule has 1 N–H and O–H groups in total. The van der Waals surface area contributed by atoms with E-state index in [9.17, 15) is 13.2 Å². The number of fused-ring (bicyclic) bond motifs is 1. The van der Waals surface area contributed by atoms with Crippen LogP contribution in [0.25, 0.3) is 0 Å². The standard InChI is InChI=1S/C21H26N2O3S/c1-16(24)23-12-11-18-9-10-20(13-19(18)15-23)27(25,26)22-21(2,3)14-17-7-5-4-6-8-17/h4-10,13,22H,11-12,14-15H2,1-3H3. The Morgan fingerprint density at radius 1 is 1.11 bits per heavy atom. The van der Waals surface area contributed by atoms with E-state index in [2.05, 4.69) is 4.72 Å². The lowest BCUT2D eigenvalue weighted by Crippen LogP contribution is -2.45. The minimum atomic E-state index is -3.66. The van der Waals surface area contributed by atoms with Crippen LogP contribution >= 0.6 is 0 Å². The molecular weight excluding hydrogens is 360 g/mol. The van der Waals surface area contributed by atoms with E-state index in [1.807, 2.05) is 50.2 Å².